The predicted octanol–water partition coefficient (Wildman–Crippen LogP) is 10.5. The molecule has 550 valence electrons. The van der Waals surface area contributed by atoms with Crippen molar-refractivity contribution in [2.24, 2.45) is 0 Å². The van der Waals surface area contributed by atoms with Gasteiger partial charge >= 0.3 is 0 Å². The van der Waals surface area contributed by atoms with Crippen molar-refractivity contribution < 1.29 is 23.6 Å². The molecule has 1 saturated carbocycles. The van der Waals surface area contributed by atoms with E-state index in [1.54, 1.807) is 143 Å². The van der Waals surface area contributed by atoms with Crippen LogP contribution in [0, 0.1) is 44.8 Å². The van der Waals surface area contributed by atoms with Crippen molar-refractivity contribution in [1.29, 1.82) is 5.26 Å². The summed E-state index contributed by atoms with van der Waals surface area (Å²) >= 11 is 1.68. The van der Waals surface area contributed by atoms with Gasteiger partial charge in [-0.15, -0.1) is 11.3 Å². The van der Waals surface area contributed by atoms with E-state index in [0.717, 1.165) is 25.8 Å². The van der Waals surface area contributed by atoms with Crippen LogP contribution < -0.4 is 37.8 Å². The number of rotatable bonds is 24. The Morgan fingerprint density at radius 1 is 0.523 bits per heavy atom. The van der Waals surface area contributed by atoms with Crippen LogP contribution in [0.25, 0.3) is 46.1 Å². The van der Waals surface area contributed by atoms with Gasteiger partial charge in [-0.2, -0.15) is 5.26 Å². The first-order valence-corrected chi connectivity index (χ1v) is 36.0. The quantitative estimate of drug-likeness (QED) is 0.0327. The Balaban J connectivity index is 0.000000165. The highest BCUT2D eigenvalue weighted by molar-refractivity contribution is 7.09. The van der Waals surface area contributed by atoms with Crippen LogP contribution in [0.4, 0.5) is 10.1 Å². The molecule has 0 aliphatic heterocycles. The van der Waals surface area contributed by atoms with E-state index in [4.69, 9.17) is 5.26 Å². The number of carbonyl (C=O) groups excluding carboxylic acids is 4. The van der Waals surface area contributed by atoms with Crippen molar-refractivity contribution in [3.8, 4) is 52.1 Å². The Labute approximate surface area is 621 Å². The first-order valence-electron chi connectivity index (χ1n) is 35.2. The summed E-state index contributed by atoms with van der Waals surface area (Å²) in [4.78, 5) is 149. The maximum Gasteiger partial charge on any atom is 0.254 e. The molecule has 4 amide bonds. The van der Waals surface area contributed by atoms with Crippen LogP contribution >= 0.6 is 11.3 Å². The highest BCUT2D eigenvalue weighted by atomic mass is 32.1. The number of halogens is 1. The number of H-pyrrole nitrogens is 4. The number of aryl methyl sites for hydroxylation is 4. The number of amides is 4. The van der Waals surface area contributed by atoms with Crippen molar-refractivity contribution in [3.63, 3.8) is 0 Å². The zero-order valence-corrected chi connectivity index (χ0v) is 61.3. The van der Waals surface area contributed by atoms with Gasteiger partial charge < -0.3 is 40.4 Å². The Kier molecular flexibility index (Phi) is 29.0. The second-order valence-corrected chi connectivity index (χ2v) is 26.1. The summed E-state index contributed by atoms with van der Waals surface area (Å²) in [6, 6.07) is 41.2. The summed E-state index contributed by atoms with van der Waals surface area (Å²) in [5.41, 5.74) is 7.47. The number of anilines is 1. The van der Waals surface area contributed by atoms with Crippen molar-refractivity contribution in [2.45, 2.75) is 131 Å². The lowest BCUT2D eigenvalue weighted by Gasteiger charge is -2.27. The van der Waals surface area contributed by atoms with Crippen molar-refractivity contribution >= 4 is 40.7 Å². The number of benzene rings is 2. The number of nitriles is 1. The minimum absolute atomic E-state index is 0.0610. The van der Waals surface area contributed by atoms with Gasteiger partial charge in [0.25, 0.3) is 22.2 Å². The van der Waals surface area contributed by atoms with Crippen molar-refractivity contribution in [3.05, 3.63) is 272 Å². The third-order valence-corrected chi connectivity index (χ3v) is 18.7. The lowest BCUT2D eigenvalue weighted by molar-refractivity contribution is -0.133. The second kappa shape index (κ2) is 39.4. The topological polar surface area (TPSA) is 357 Å². The van der Waals surface area contributed by atoms with E-state index in [1.807, 2.05) is 66.6 Å². The Morgan fingerprint density at radius 2 is 0.944 bits per heavy atom. The summed E-state index contributed by atoms with van der Waals surface area (Å²) in [5.74, 6) is 1.00. The highest BCUT2D eigenvalue weighted by Crippen LogP contribution is 2.25. The van der Waals surface area contributed by atoms with Gasteiger partial charge in [0.15, 0.2) is 23.3 Å². The third-order valence-electron chi connectivity index (χ3n) is 17.8. The van der Waals surface area contributed by atoms with Gasteiger partial charge in [-0.3, -0.25) is 58.3 Å². The molecule has 11 aromatic rings. The number of aromatic amines is 4. The Morgan fingerprint density at radius 3 is 1.34 bits per heavy atom. The lowest BCUT2D eigenvalue weighted by Crippen LogP contribution is -2.39. The van der Waals surface area contributed by atoms with Gasteiger partial charge in [-0.1, -0.05) is 67.4 Å². The number of carbonyl (C=O) groups is 4. The minimum Gasteiger partial charge on any atom is -0.356 e. The van der Waals surface area contributed by atoms with E-state index in [2.05, 4.69) is 82.6 Å². The molecule has 0 atom stereocenters. The molecule has 0 unspecified atom stereocenters. The molecule has 0 saturated heterocycles. The van der Waals surface area contributed by atoms with E-state index in [-0.39, 0.29) is 90.3 Å². The monoisotopic (exact) mass is 1460 g/mol. The molecule has 1 aliphatic carbocycles. The van der Waals surface area contributed by atoms with Gasteiger partial charge in [0, 0.05) is 144 Å². The maximum atomic E-state index is 13.6. The van der Waals surface area contributed by atoms with Crippen molar-refractivity contribution in [2.75, 3.05) is 25.0 Å². The molecule has 2 aromatic carbocycles. The number of thiophene rings is 1. The lowest BCUT2D eigenvalue weighted by atomic mass is 10.1. The molecule has 9 heterocycles. The fraction of sp³-hybridized carbons (Fsp3) is 0.287. The van der Waals surface area contributed by atoms with Crippen LogP contribution in [0.3, 0.4) is 0 Å². The van der Waals surface area contributed by atoms with Gasteiger partial charge in [0.1, 0.15) is 28.6 Å². The molecular formula is C80H84FN17O8S. The first-order chi connectivity index (χ1) is 51.8. The molecule has 107 heavy (non-hydrogen) atoms. The molecule has 9 aromatic heterocycles. The number of hydrogen-bond acceptors (Lipinski definition) is 18. The summed E-state index contributed by atoms with van der Waals surface area (Å²) in [5, 5.41) is 16.6. The minimum atomic E-state index is -0.362. The van der Waals surface area contributed by atoms with Gasteiger partial charge in [0.2, 0.25) is 23.6 Å². The molecule has 0 radical (unpaired) electrons. The summed E-state index contributed by atoms with van der Waals surface area (Å²) in [6.07, 6.45) is 14.2. The van der Waals surface area contributed by atoms with E-state index in [1.165, 1.54) is 28.7 Å². The molecule has 25 nitrogen and oxygen atoms in total. The predicted molar refractivity (Wildman–Crippen MR) is 408 cm³/mol. The fourth-order valence-corrected chi connectivity index (χ4v) is 12.7. The SMILES string of the molecule is CCN(C(=O)CCc1c(C)nc(-c2ccccn2)[nH]c1=O)C1CCCC1.Cc1nc(-c2ccccn2)[nH]c(=O)c1CCC(=O)N(C)c1cccc(C#N)c1.Cc1nc(-c2ccccn2)[nH]c(=O)c1CCC(=O)NCCc1cccs1.Cc1nc(-c2ccccn2)[nH]c(=O)c1CCC(=O)NCc1ccccc1F. The smallest absolute Gasteiger partial charge is 0.254 e. The largest absolute Gasteiger partial charge is 0.356 e. The number of pyridine rings is 4. The van der Waals surface area contributed by atoms with Crippen LogP contribution in [0.1, 0.15) is 119 Å². The van der Waals surface area contributed by atoms with Crippen LogP contribution in [0.5, 0.6) is 0 Å². The summed E-state index contributed by atoms with van der Waals surface area (Å²) in [6.45, 7) is 10.5. The number of nitrogens with zero attached hydrogens (tertiary/aromatic N) is 11. The third kappa shape index (κ3) is 22.8. The van der Waals surface area contributed by atoms with Crippen LogP contribution in [0.15, 0.2) is 183 Å². The average molecular weight is 1460 g/mol. The molecule has 12 rings (SSSR count). The molecule has 0 spiro atoms. The zero-order chi connectivity index (χ0) is 76.2. The number of aromatic nitrogens is 12. The molecule has 27 heteroatoms. The molecular weight excluding hydrogens is 1380 g/mol. The van der Waals surface area contributed by atoms with Gasteiger partial charge in [0.05, 0.1) is 11.6 Å². The van der Waals surface area contributed by atoms with E-state index in [0.29, 0.717) is 140 Å². The number of hydrogen-bond donors (Lipinski definition) is 6. The fourth-order valence-electron chi connectivity index (χ4n) is 11.9. The number of nitrogens with one attached hydrogen (secondary N) is 6. The molecule has 1 fully saturated rings. The first kappa shape index (κ1) is 78.7. The second-order valence-electron chi connectivity index (χ2n) is 25.1. The van der Waals surface area contributed by atoms with Crippen LogP contribution in [-0.2, 0) is 57.8 Å². The van der Waals surface area contributed by atoms with Crippen LogP contribution in [-0.4, -0.2) is 115 Å². The summed E-state index contributed by atoms with van der Waals surface area (Å²) < 4.78 is 13.6. The highest BCUT2D eigenvalue weighted by Gasteiger charge is 2.26. The maximum absolute atomic E-state index is 13.6. The standard InChI is InChI=1S/C21H19N5O2.C20H19FN4O2.C20H26N4O2.C19H20N4O2S/c1-14-17(21(28)25-20(24-14)18-8-3-4-11-23-18)9-10-19(27)26(2)16-7-5-6-15(12-16)13-22;1-13-15(20(27)25-19(24-13)17-8-4-5-11-22-17)9-10-18(26)23-12-14-6-2-3-7-16(14)21;1-3-24(15-8-4-5-9-15)18(25)12-11-16-14(2)22-19(23-20(16)26)17-10-6-7-13-21-17;1-13-15(7-8-17(24)21-11-9-14-5-4-12-26-14)19(25)23-18(22-13)16-6-2-3-10-20-16/h3-8,11-12H,9-10H2,1-2H3,(H,24,25,28);2-8,11H,9-10,12H2,1H3,(H,23,26)(H,24,25,27);6-7,10,13,15H,3-5,8-9,11-12H2,1-2H3,(H,22,23,26);2-6,10,12H,7-9,11H2,1H3,(H,21,24)(H,22,23,25). The summed E-state index contributed by atoms with van der Waals surface area (Å²) in [7, 11) is 1.65. The van der Waals surface area contributed by atoms with Gasteiger partial charge in [-0.05, 0) is 164 Å². The van der Waals surface area contributed by atoms with E-state index >= 15 is 0 Å². The van der Waals surface area contributed by atoms with E-state index < -0.39 is 0 Å². The van der Waals surface area contributed by atoms with Gasteiger partial charge in [-0.25, -0.2) is 24.3 Å². The Hall–Kier alpha value is -12.4. The van der Waals surface area contributed by atoms with Crippen molar-refractivity contribution in [1.82, 2.24) is 75.3 Å². The molecule has 0 bridgehead atoms. The van der Waals surface area contributed by atoms with E-state index in [9.17, 15) is 42.7 Å². The molecule has 6 N–H and O–H groups in total. The normalized spacial score (nSPS) is 11.5. The zero-order valence-electron chi connectivity index (χ0n) is 60.5. The Bertz CT molecular complexity index is 5110. The molecule has 1 aliphatic rings. The van der Waals surface area contributed by atoms with Crippen LogP contribution in [0.2, 0.25) is 0 Å². The average Bonchev–Trinajstić information content (AvgIpc) is 1.29.